The third kappa shape index (κ3) is 3.23. The lowest BCUT2D eigenvalue weighted by atomic mass is 9.75. The molecule has 1 aliphatic rings. The zero-order valence-corrected chi connectivity index (χ0v) is 14.0. The number of halogens is 1. The Hall–Kier alpha value is -0.880. The van der Waals surface area contributed by atoms with Crippen molar-refractivity contribution >= 4 is 21.6 Å². The van der Waals surface area contributed by atoms with Gasteiger partial charge in [0.25, 0.3) is 5.56 Å². The van der Waals surface area contributed by atoms with E-state index in [1.165, 1.54) is 23.9 Å². The minimum absolute atomic E-state index is 0.0672. The summed E-state index contributed by atoms with van der Waals surface area (Å²) in [6, 6.07) is 0. The van der Waals surface area contributed by atoms with Gasteiger partial charge in [-0.1, -0.05) is 6.92 Å². The first-order valence-electron chi connectivity index (χ1n) is 7.16. The van der Waals surface area contributed by atoms with Crippen molar-refractivity contribution in [3.05, 3.63) is 21.0 Å². The summed E-state index contributed by atoms with van der Waals surface area (Å²) in [5, 5.41) is 7.78. The monoisotopic (exact) mass is 342 g/mol. The molecule has 1 heterocycles. The van der Waals surface area contributed by atoms with E-state index in [4.69, 9.17) is 0 Å². The molecule has 0 aliphatic heterocycles. The Morgan fingerprint density at radius 1 is 1.50 bits per heavy atom. The largest absolute Gasteiger partial charge is 0.377 e. The van der Waals surface area contributed by atoms with Crippen molar-refractivity contribution in [2.24, 2.45) is 0 Å². The van der Waals surface area contributed by atoms with Crippen molar-refractivity contribution in [1.82, 2.24) is 14.7 Å². The van der Waals surface area contributed by atoms with Crippen LogP contribution in [-0.2, 0) is 6.54 Å². The van der Waals surface area contributed by atoms with Gasteiger partial charge in [0.1, 0.15) is 4.47 Å². The van der Waals surface area contributed by atoms with E-state index in [-0.39, 0.29) is 11.1 Å². The van der Waals surface area contributed by atoms with Crippen LogP contribution in [-0.4, -0.2) is 40.9 Å². The second-order valence-corrected chi connectivity index (χ2v) is 6.61. The lowest BCUT2D eigenvalue weighted by Crippen LogP contribution is -2.45. The second kappa shape index (κ2) is 6.26. The van der Waals surface area contributed by atoms with E-state index >= 15 is 0 Å². The van der Waals surface area contributed by atoms with Crippen LogP contribution >= 0.6 is 15.9 Å². The van der Waals surface area contributed by atoms with Crippen LogP contribution < -0.4 is 10.9 Å². The van der Waals surface area contributed by atoms with Gasteiger partial charge in [-0.25, -0.2) is 4.68 Å². The van der Waals surface area contributed by atoms with Crippen LogP contribution in [0.15, 0.2) is 15.5 Å². The van der Waals surface area contributed by atoms with Crippen molar-refractivity contribution in [2.75, 3.05) is 26.0 Å². The van der Waals surface area contributed by atoms with E-state index in [9.17, 15) is 4.79 Å². The topological polar surface area (TPSA) is 50.2 Å². The molecule has 1 aromatic rings. The molecule has 0 atom stereocenters. The molecule has 0 unspecified atom stereocenters. The van der Waals surface area contributed by atoms with Crippen LogP contribution in [0.5, 0.6) is 0 Å². The number of anilines is 1. The second-order valence-electron chi connectivity index (χ2n) is 5.82. The van der Waals surface area contributed by atoms with Crippen molar-refractivity contribution in [2.45, 2.75) is 44.7 Å². The predicted octanol–water partition coefficient (Wildman–Crippen LogP) is 2.31. The highest BCUT2D eigenvalue weighted by molar-refractivity contribution is 9.10. The number of rotatable bonds is 6. The maximum atomic E-state index is 12.3. The summed E-state index contributed by atoms with van der Waals surface area (Å²) in [7, 11) is 3.97. The molecule has 0 amide bonds. The Morgan fingerprint density at radius 2 is 2.20 bits per heavy atom. The third-order valence-electron chi connectivity index (χ3n) is 4.13. The molecular formula is C14H23BrN4O. The number of hydrogen-bond acceptors (Lipinski definition) is 4. The molecule has 1 saturated carbocycles. The van der Waals surface area contributed by atoms with Crippen LogP contribution in [0.25, 0.3) is 0 Å². The Morgan fingerprint density at radius 3 is 2.70 bits per heavy atom. The smallest absolute Gasteiger partial charge is 0.283 e. The summed E-state index contributed by atoms with van der Waals surface area (Å²) < 4.78 is 2.10. The quantitative estimate of drug-likeness (QED) is 0.861. The first-order valence-corrected chi connectivity index (χ1v) is 7.95. The van der Waals surface area contributed by atoms with Gasteiger partial charge < -0.3 is 10.2 Å². The highest BCUT2D eigenvalue weighted by Crippen LogP contribution is 2.38. The Kier molecular flexibility index (Phi) is 4.86. The van der Waals surface area contributed by atoms with E-state index in [0.29, 0.717) is 11.0 Å². The van der Waals surface area contributed by atoms with Gasteiger partial charge in [0, 0.05) is 12.1 Å². The van der Waals surface area contributed by atoms with Crippen LogP contribution in [0.1, 0.15) is 32.6 Å². The summed E-state index contributed by atoms with van der Waals surface area (Å²) in [6.45, 7) is 3.58. The van der Waals surface area contributed by atoms with Crippen molar-refractivity contribution in [3.8, 4) is 0 Å². The number of nitrogens with one attached hydrogen (secondary N) is 1. The summed E-state index contributed by atoms with van der Waals surface area (Å²) in [5.41, 5.74) is 0.909. The highest BCUT2D eigenvalue weighted by atomic mass is 79.9. The molecule has 1 fully saturated rings. The average molecular weight is 343 g/mol. The molecule has 0 bridgehead atoms. The lowest BCUT2D eigenvalue weighted by molar-refractivity contribution is 0.269. The van der Waals surface area contributed by atoms with Crippen LogP contribution in [0.2, 0.25) is 0 Å². The average Bonchev–Trinajstić information content (AvgIpc) is 2.37. The first-order chi connectivity index (χ1) is 9.47. The van der Waals surface area contributed by atoms with Crippen LogP contribution in [0, 0.1) is 0 Å². The van der Waals surface area contributed by atoms with Crippen LogP contribution in [0.4, 0.5) is 5.69 Å². The van der Waals surface area contributed by atoms with E-state index in [1.54, 1.807) is 6.20 Å². The molecule has 1 aliphatic carbocycles. The minimum Gasteiger partial charge on any atom is -0.377 e. The molecule has 2 rings (SSSR count). The Labute approximate surface area is 128 Å². The van der Waals surface area contributed by atoms with Gasteiger partial charge in [0.15, 0.2) is 0 Å². The number of nitrogens with zero attached hydrogens (tertiary/aromatic N) is 3. The summed E-state index contributed by atoms with van der Waals surface area (Å²) in [5.74, 6) is 0. The molecule has 1 aromatic heterocycles. The standard InChI is InChI=1S/C14H23BrN4O/c1-4-14(6-5-7-14)17-11-10-16-19(9-8-18(2)3)13(20)12(11)15/h10,17H,4-9H2,1-3H3. The molecule has 20 heavy (non-hydrogen) atoms. The fourth-order valence-electron chi connectivity index (χ4n) is 2.46. The molecule has 0 radical (unpaired) electrons. The zero-order chi connectivity index (χ0) is 14.8. The summed E-state index contributed by atoms with van der Waals surface area (Å²) >= 11 is 3.42. The van der Waals surface area contributed by atoms with Gasteiger partial charge in [-0.3, -0.25) is 4.79 Å². The van der Waals surface area contributed by atoms with Gasteiger partial charge in [-0.15, -0.1) is 0 Å². The fraction of sp³-hybridized carbons (Fsp3) is 0.714. The molecule has 5 nitrogen and oxygen atoms in total. The van der Waals surface area contributed by atoms with Gasteiger partial charge in [0.2, 0.25) is 0 Å². The zero-order valence-electron chi connectivity index (χ0n) is 12.4. The maximum absolute atomic E-state index is 12.3. The SMILES string of the molecule is CCC1(Nc2cnn(CCN(C)C)c(=O)c2Br)CCC1. The normalized spacial score (nSPS) is 17.1. The van der Waals surface area contributed by atoms with Gasteiger partial charge >= 0.3 is 0 Å². The van der Waals surface area contributed by atoms with Crippen LogP contribution in [0.3, 0.4) is 0 Å². The summed E-state index contributed by atoms with van der Waals surface area (Å²) in [6.07, 6.45) is 6.42. The van der Waals surface area contributed by atoms with Gasteiger partial charge in [-0.05, 0) is 55.7 Å². The number of hydrogen-bond donors (Lipinski definition) is 1. The molecule has 0 spiro atoms. The van der Waals surface area contributed by atoms with Gasteiger partial charge in [0.05, 0.1) is 18.4 Å². The number of aromatic nitrogens is 2. The number of likely N-dealkylation sites (N-methyl/N-ethyl adjacent to an activating group) is 1. The van der Waals surface area contributed by atoms with Crippen molar-refractivity contribution in [1.29, 1.82) is 0 Å². The molecule has 0 aromatic carbocycles. The minimum atomic E-state index is -0.0672. The molecule has 0 saturated heterocycles. The van der Waals surface area contributed by atoms with Gasteiger partial charge in [-0.2, -0.15) is 5.10 Å². The predicted molar refractivity (Wildman–Crippen MR) is 85.2 cm³/mol. The van der Waals surface area contributed by atoms with Crippen molar-refractivity contribution in [3.63, 3.8) is 0 Å². The lowest BCUT2D eigenvalue weighted by Gasteiger charge is -2.43. The molecular weight excluding hydrogens is 320 g/mol. The molecule has 6 heteroatoms. The van der Waals surface area contributed by atoms with E-state index < -0.39 is 0 Å². The molecule has 1 N–H and O–H groups in total. The van der Waals surface area contributed by atoms with E-state index in [1.807, 2.05) is 19.0 Å². The third-order valence-corrected chi connectivity index (χ3v) is 4.90. The summed E-state index contributed by atoms with van der Waals surface area (Å²) in [4.78, 5) is 14.3. The Bertz CT molecular complexity index is 517. The highest BCUT2D eigenvalue weighted by Gasteiger charge is 2.35. The molecule has 112 valence electrons. The fourth-order valence-corrected chi connectivity index (χ4v) is 2.87. The van der Waals surface area contributed by atoms with E-state index in [2.05, 4.69) is 33.3 Å². The first kappa shape index (κ1) is 15.5. The maximum Gasteiger partial charge on any atom is 0.283 e. The van der Waals surface area contributed by atoms with E-state index in [0.717, 1.165) is 18.7 Å². The van der Waals surface area contributed by atoms with Crippen molar-refractivity contribution < 1.29 is 0 Å². The Balaban J connectivity index is 2.16.